The van der Waals surface area contributed by atoms with Crippen molar-refractivity contribution in [3.05, 3.63) is 119 Å². The average molecular weight is 581 g/mol. The second kappa shape index (κ2) is 11.2. The second-order valence-electron chi connectivity index (χ2n) is 10.8. The maximum absolute atomic E-state index is 13.5. The molecule has 0 heterocycles. The van der Waals surface area contributed by atoms with Gasteiger partial charge in [-0.25, -0.2) is 4.79 Å². The minimum atomic E-state index is -1.63. The summed E-state index contributed by atoms with van der Waals surface area (Å²) in [5, 5.41) is 25.7. The fraction of sp³-hybridized carbons (Fsp3) is 0.257. The largest absolute Gasteiger partial charge is 0.489 e. The minimum absolute atomic E-state index is 0.00947. The molecule has 3 unspecified atom stereocenters. The number of fused-ring (bicyclic) bond motifs is 2. The molecule has 3 aliphatic carbocycles. The van der Waals surface area contributed by atoms with Crippen LogP contribution in [0.5, 0.6) is 11.5 Å². The zero-order chi connectivity index (χ0) is 30.2. The summed E-state index contributed by atoms with van der Waals surface area (Å²) in [5.74, 6) is -0.913. The molecule has 4 aromatic rings. The van der Waals surface area contributed by atoms with Crippen molar-refractivity contribution in [3.8, 4) is 11.5 Å². The van der Waals surface area contributed by atoms with E-state index in [1.54, 1.807) is 36.4 Å². The van der Waals surface area contributed by atoms with E-state index in [2.05, 4.69) is 6.58 Å². The number of aliphatic hydroxyl groups is 2. The van der Waals surface area contributed by atoms with Gasteiger partial charge in [-0.15, -0.1) is 0 Å². The van der Waals surface area contributed by atoms with Crippen LogP contribution in [0.4, 0.5) is 0 Å². The predicted molar refractivity (Wildman–Crippen MR) is 159 cm³/mol. The summed E-state index contributed by atoms with van der Waals surface area (Å²) in [6, 6.07) is 23.8. The van der Waals surface area contributed by atoms with Crippen LogP contribution in [-0.2, 0) is 30.3 Å². The number of esters is 2. The van der Waals surface area contributed by atoms with Crippen molar-refractivity contribution in [3.63, 3.8) is 0 Å². The highest BCUT2D eigenvalue weighted by molar-refractivity contribution is 5.93. The summed E-state index contributed by atoms with van der Waals surface area (Å²) in [6.45, 7) is 5.60. The van der Waals surface area contributed by atoms with Gasteiger partial charge in [0, 0.05) is 23.3 Å². The SMILES string of the molecule is C=CC(=O)OCCOc1ccc(OCCOC(=O)C2CC3(O)c4ccccc4C2(O)c2ccc(C)cc23)c2ccccc12. The smallest absolute Gasteiger partial charge is 0.330 e. The Kier molecular flexibility index (Phi) is 7.42. The van der Waals surface area contributed by atoms with Gasteiger partial charge in [-0.2, -0.15) is 0 Å². The van der Waals surface area contributed by atoms with Gasteiger partial charge in [0.1, 0.15) is 49.1 Å². The van der Waals surface area contributed by atoms with Gasteiger partial charge in [-0.1, -0.05) is 78.9 Å². The molecule has 7 rings (SSSR count). The summed E-state index contributed by atoms with van der Waals surface area (Å²) in [4.78, 5) is 24.7. The Bertz CT molecular complexity index is 1730. The van der Waals surface area contributed by atoms with Gasteiger partial charge in [-0.3, -0.25) is 4.79 Å². The molecule has 2 N–H and O–H groups in total. The maximum Gasteiger partial charge on any atom is 0.330 e. The van der Waals surface area contributed by atoms with Crippen molar-refractivity contribution in [2.24, 2.45) is 5.92 Å². The Hall–Kier alpha value is -4.66. The summed E-state index contributed by atoms with van der Waals surface area (Å²) < 4.78 is 22.4. The molecule has 0 aromatic heterocycles. The van der Waals surface area contributed by atoms with Crippen LogP contribution < -0.4 is 9.47 Å². The number of aryl methyl sites for hydroxylation is 1. The first-order valence-electron chi connectivity index (χ1n) is 14.2. The van der Waals surface area contributed by atoms with Crippen LogP contribution in [0.1, 0.15) is 34.2 Å². The van der Waals surface area contributed by atoms with E-state index in [4.69, 9.17) is 18.9 Å². The monoisotopic (exact) mass is 580 g/mol. The van der Waals surface area contributed by atoms with Gasteiger partial charge in [0.2, 0.25) is 0 Å². The third-order valence-corrected chi connectivity index (χ3v) is 8.28. The molecule has 0 fully saturated rings. The molecule has 3 atom stereocenters. The molecule has 2 bridgehead atoms. The van der Waals surface area contributed by atoms with E-state index in [1.807, 2.05) is 49.4 Å². The quantitative estimate of drug-likeness (QED) is 0.158. The van der Waals surface area contributed by atoms with Gasteiger partial charge < -0.3 is 29.2 Å². The van der Waals surface area contributed by atoms with Crippen LogP contribution in [-0.4, -0.2) is 48.6 Å². The van der Waals surface area contributed by atoms with Gasteiger partial charge in [0.05, 0.1) is 5.92 Å². The number of benzene rings is 4. The molecule has 0 radical (unpaired) electrons. The summed E-state index contributed by atoms with van der Waals surface area (Å²) in [7, 11) is 0. The molecule has 8 heteroatoms. The summed E-state index contributed by atoms with van der Waals surface area (Å²) in [6.07, 6.45) is 1.11. The van der Waals surface area contributed by atoms with Gasteiger partial charge in [0.15, 0.2) is 0 Å². The highest BCUT2D eigenvalue weighted by Crippen LogP contribution is 2.60. The van der Waals surface area contributed by atoms with Crippen molar-refractivity contribution in [1.82, 2.24) is 0 Å². The number of hydrogen-bond donors (Lipinski definition) is 2. The number of carbonyl (C=O) groups excluding carboxylic acids is 2. The molecule has 0 saturated carbocycles. The number of hydrogen-bond acceptors (Lipinski definition) is 8. The fourth-order valence-corrected chi connectivity index (χ4v) is 6.33. The lowest BCUT2D eigenvalue weighted by Crippen LogP contribution is -2.57. The third kappa shape index (κ3) is 4.82. The molecule has 3 aliphatic rings. The van der Waals surface area contributed by atoms with E-state index in [-0.39, 0.29) is 32.8 Å². The molecule has 0 aliphatic heterocycles. The van der Waals surface area contributed by atoms with E-state index < -0.39 is 29.1 Å². The molecule has 8 nitrogen and oxygen atoms in total. The Morgan fingerprint density at radius 1 is 0.791 bits per heavy atom. The standard InChI is InChI=1S/C35H32O8/c1-3-32(36)42-18-16-40-30-14-15-31(24-9-5-4-8-23(24)30)41-17-19-43-33(37)29-21-34(38)25-10-6-7-11-26(25)35(29,39)27-13-12-22(2)20-28(27)34/h3-15,20,29,38-39H,1,16-19,21H2,2H3. The number of ether oxygens (including phenoxy) is 4. The predicted octanol–water partition coefficient (Wildman–Crippen LogP) is 4.68. The van der Waals surface area contributed by atoms with Crippen LogP contribution in [0.2, 0.25) is 0 Å². The van der Waals surface area contributed by atoms with E-state index in [0.29, 0.717) is 33.8 Å². The Balaban J connectivity index is 1.14. The number of rotatable bonds is 10. The molecule has 43 heavy (non-hydrogen) atoms. The van der Waals surface area contributed by atoms with Gasteiger partial charge in [0.25, 0.3) is 0 Å². The molecule has 4 aromatic carbocycles. The lowest BCUT2D eigenvalue weighted by atomic mass is 9.54. The Morgan fingerprint density at radius 2 is 1.37 bits per heavy atom. The van der Waals surface area contributed by atoms with E-state index in [1.165, 1.54) is 0 Å². The van der Waals surface area contributed by atoms with Crippen molar-refractivity contribution < 1.29 is 38.7 Å². The minimum Gasteiger partial charge on any atom is -0.489 e. The Labute approximate surface area is 249 Å². The van der Waals surface area contributed by atoms with Crippen molar-refractivity contribution in [2.45, 2.75) is 24.5 Å². The second-order valence-corrected chi connectivity index (χ2v) is 10.8. The fourth-order valence-electron chi connectivity index (χ4n) is 6.33. The summed E-state index contributed by atoms with van der Waals surface area (Å²) >= 11 is 0. The Morgan fingerprint density at radius 3 is 2.02 bits per heavy atom. The molecule has 0 amide bonds. The normalized spacial score (nSPS) is 21.4. The van der Waals surface area contributed by atoms with Crippen LogP contribution in [0, 0.1) is 12.8 Å². The van der Waals surface area contributed by atoms with Gasteiger partial charge in [-0.05, 0) is 41.3 Å². The van der Waals surface area contributed by atoms with E-state index in [9.17, 15) is 19.8 Å². The highest BCUT2D eigenvalue weighted by atomic mass is 16.6. The van der Waals surface area contributed by atoms with E-state index >= 15 is 0 Å². The summed E-state index contributed by atoms with van der Waals surface area (Å²) in [5.41, 5.74) is 0.190. The van der Waals surface area contributed by atoms with Crippen molar-refractivity contribution in [2.75, 3.05) is 26.4 Å². The number of carbonyl (C=O) groups is 2. The van der Waals surface area contributed by atoms with Crippen molar-refractivity contribution in [1.29, 1.82) is 0 Å². The van der Waals surface area contributed by atoms with Gasteiger partial charge >= 0.3 is 11.9 Å². The van der Waals surface area contributed by atoms with Crippen LogP contribution >= 0.6 is 0 Å². The first-order valence-corrected chi connectivity index (χ1v) is 14.2. The zero-order valence-electron chi connectivity index (χ0n) is 23.7. The van der Waals surface area contributed by atoms with Crippen molar-refractivity contribution >= 4 is 22.7 Å². The highest BCUT2D eigenvalue weighted by Gasteiger charge is 2.62. The molecule has 0 saturated heterocycles. The van der Waals surface area contributed by atoms with Crippen LogP contribution in [0.25, 0.3) is 10.8 Å². The lowest BCUT2D eigenvalue weighted by Gasteiger charge is -2.53. The first kappa shape index (κ1) is 28.5. The topological polar surface area (TPSA) is 112 Å². The molecular formula is C35H32O8. The average Bonchev–Trinajstić information content (AvgIpc) is 3.03. The first-order chi connectivity index (χ1) is 20.8. The lowest BCUT2D eigenvalue weighted by molar-refractivity contribution is -0.167. The van der Waals surface area contributed by atoms with Crippen LogP contribution in [0.15, 0.2) is 91.5 Å². The molecular weight excluding hydrogens is 548 g/mol. The van der Waals surface area contributed by atoms with Crippen LogP contribution in [0.3, 0.4) is 0 Å². The van der Waals surface area contributed by atoms with E-state index in [0.717, 1.165) is 22.4 Å². The molecule has 0 spiro atoms. The maximum atomic E-state index is 13.5. The third-order valence-electron chi connectivity index (χ3n) is 8.28. The molecule has 220 valence electrons. The zero-order valence-corrected chi connectivity index (χ0v) is 23.7.